The Balaban J connectivity index is 0.00000151. The van der Waals surface area contributed by atoms with Crippen LogP contribution in [0.5, 0.6) is 5.75 Å². The second-order valence-electron chi connectivity index (χ2n) is 4.91. The topological polar surface area (TPSA) is 56.5 Å². The van der Waals surface area contributed by atoms with Gasteiger partial charge in [0.25, 0.3) is 0 Å². The Hall–Kier alpha value is -2.41. The molecule has 0 bridgehead atoms. The Bertz CT molecular complexity index is 709. The van der Waals surface area contributed by atoms with Crippen LogP contribution in [0.1, 0.15) is 19.4 Å². The lowest BCUT2D eigenvalue weighted by atomic mass is 10.2. The number of halogens is 3. The molecule has 0 aliphatic heterocycles. The molecule has 0 saturated carbocycles. The van der Waals surface area contributed by atoms with E-state index >= 15 is 0 Å². The fourth-order valence-electron chi connectivity index (χ4n) is 1.95. The van der Waals surface area contributed by atoms with Crippen LogP contribution < -0.4 is 15.8 Å². The zero-order valence-corrected chi connectivity index (χ0v) is 14.8. The Morgan fingerprint density at radius 1 is 1.04 bits per heavy atom. The Kier molecular flexibility index (Phi) is 8.07. The van der Waals surface area contributed by atoms with E-state index in [-0.39, 0.29) is 36.0 Å². The molecule has 4 nitrogen and oxygen atoms in total. The predicted octanol–water partition coefficient (Wildman–Crippen LogP) is 4.79. The molecule has 2 aromatic rings. The molecule has 0 aromatic heterocycles. The maximum absolute atomic E-state index is 14.0. The molecule has 0 aliphatic rings. The van der Waals surface area contributed by atoms with Crippen molar-refractivity contribution in [2.45, 2.75) is 20.8 Å². The van der Waals surface area contributed by atoms with Crippen LogP contribution in [-0.4, -0.2) is 20.3 Å². The van der Waals surface area contributed by atoms with Gasteiger partial charge in [-0.2, -0.15) is 0 Å². The van der Waals surface area contributed by atoms with E-state index in [1.165, 1.54) is 19.2 Å². The molecule has 0 aliphatic carbocycles. The van der Waals surface area contributed by atoms with Crippen molar-refractivity contribution >= 4 is 17.1 Å². The van der Waals surface area contributed by atoms with Crippen molar-refractivity contribution in [2.75, 3.05) is 31.4 Å². The zero-order chi connectivity index (χ0) is 19.0. The number of hydrogen-bond acceptors (Lipinski definition) is 4. The first-order valence-electron chi connectivity index (χ1n) is 7.86. The van der Waals surface area contributed by atoms with Gasteiger partial charge in [0.1, 0.15) is 29.5 Å². The summed E-state index contributed by atoms with van der Waals surface area (Å²) in [6, 6.07) is 5.16. The lowest BCUT2D eigenvalue weighted by molar-refractivity contribution is 0.146. The van der Waals surface area contributed by atoms with Gasteiger partial charge in [-0.1, -0.05) is 19.9 Å². The number of ether oxygens (including phenoxy) is 2. The van der Waals surface area contributed by atoms with E-state index in [4.69, 9.17) is 15.2 Å². The van der Waals surface area contributed by atoms with Gasteiger partial charge in [0.2, 0.25) is 0 Å². The van der Waals surface area contributed by atoms with Crippen LogP contribution in [-0.2, 0) is 4.74 Å². The average molecular weight is 356 g/mol. The number of rotatable bonds is 6. The van der Waals surface area contributed by atoms with Crippen LogP contribution in [0.2, 0.25) is 0 Å². The Morgan fingerprint density at radius 3 is 2.32 bits per heavy atom. The summed E-state index contributed by atoms with van der Waals surface area (Å²) in [5.41, 5.74) is 5.96. The van der Waals surface area contributed by atoms with E-state index in [1.807, 2.05) is 13.8 Å². The number of methoxy groups -OCH3 is 1. The molecule has 0 atom stereocenters. The van der Waals surface area contributed by atoms with E-state index in [2.05, 4.69) is 5.32 Å². The third kappa shape index (κ3) is 5.29. The number of nitrogens with one attached hydrogen (secondary N) is 1. The van der Waals surface area contributed by atoms with Gasteiger partial charge in [-0.05, 0) is 24.6 Å². The number of nitrogens with two attached hydrogens (primary N) is 1. The molecule has 0 saturated heterocycles. The van der Waals surface area contributed by atoms with E-state index in [9.17, 15) is 13.2 Å². The van der Waals surface area contributed by atoms with Gasteiger partial charge in [-0.25, -0.2) is 13.2 Å². The number of hydrogen-bond donors (Lipinski definition) is 2. The lowest BCUT2D eigenvalue weighted by Crippen LogP contribution is -2.09. The number of benzene rings is 2. The average Bonchev–Trinajstić information content (AvgIpc) is 2.60. The first-order valence-corrected chi connectivity index (χ1v) is 7.86. The Labute approximate surface area is 145 Å². The highest BCUT2D eigenvalue weighted by molar-refractivity contribution is 5.78. The molecule has 7 heteroatoms. The summed E-state index contributed by atoms with van der Waals surface area (Å²) in [6.45, 7) is 6.09. The van der Waals surface area contributed by atoms with Gasteiger partial charge < -0.3 is 20.5 Å². The SMILES string of the molecule is CC.COCCOc1cc(F)c(F)c(Nc2ccc(C)cc2F)c1N. The van der Waals surface area contributed by atoms with E-state index in [0.717, 1.165) is 6.07 Å². The minimum Gasteiger partial charge on any atom is -0.489 e. The van der Waals surface area contributed by atoms with Gasteiger partial charge in [0, 0.05) is 13.2 Å². The minimum atomic E-state index is -1.21. The van der Waals surface area contributed by atoms with Crippen molar-refractivity contribution in [3.05, 3.63) is 47.3 Å². The monoisotopic (exact) mass is 356 g/mol. The van der Waals surface area contributed by atoms with Crippen LogP contribution in [0.25, 0.3) is 0 Å². The molecule has 0 unspecified atom stereocenters. The maximum Gasteiger partial charge on any atom is 0.184 e. The first kappa shape index (κ1) is 20.6. The van der Waals surface area contributed by atoms with Crippen molar-refractivity contribution in [3.63, 3.8) is 0 Å². The highest BCUT2D eigenvalue weighted by Gasteiger charge is 2.19. The minimum absolute atomic E-state index is 0.0189. The standard InChI is InChI=1S/C16H17F3N2O2.C2H6/c1-9-3-4-12(10(17)7-9)21-16-14(19)11(18)8-13(15(16)20)23-6-5-22-2;1-2/h3-4,7-8,21H,5-6,20H2,1-2H3;1-2H3. The molecular formula is C18H23F3N2O2. The molecule has 0 radical (unpaired) electrons. The van der Waals surface area contributed by atoms with Crippen LogP contribution in [0.15, 0.2) is 24.3 Å². The number of aryl methyl sites for hydroxylation is 1. The summed E-state index contributed by atoms with van der Waals surface area (Å²) in [6.07, 6.45) is 0. The maximum atomic E-state index is 14.0. The molecule has 2 aromatic carbocycles. The third-order valence-corrected chi connectivity index (χ3v) is 3.15. The molecule has 0 amide bonds. The van der Waals surface area contributed by atoms with Crippen LogP contribution in [0.3, 0.4) is 0 Å². The second kappa shape index (κ2) is 9.78. The summed E-state index contributed by atoms with van der Waals surface area (Å²) < 4.78 is 51.7. The highest BCUT2D eigenvalue weighted by atomic mass is 19.2. The van der Waals surface area contributed by atoms with E-state index in [1.54, 1.807) is 13.0 Å². The fraction of sp³-hybridized carbons (Fsp3) is 0.333. The molecule has 0 heterocycles. The summed E-state index contributed by atoms with van der Waals surface area (Å²) >= 11 is 0. The van der Waals surface area contributed by atoms with Crippen molar-refractivity contribution in [3.8, 4) is 5.75 Å². The van der Waals surface area contributed by atoms with Crippen molar-refractivity contribution in [2.24, 2.45) is 0 Å². The van der Waals surface area contributed by atoms with E-state index < -0.39 is 17.5 Å². The fourth-order valence-corrected chi connectivity index (χ4v) is 1.95. The lowest BCUT2D eigenvalue weighted by Gasteiger charge is -2.16. The second-order valence-corrected chi connectivity index (χ2v) is 4.91. The van der Waals surface area contributed by atoms with Gasteiger partial charge in [-0.15, -0.1) is 0 Å². The van der Waals surface area contributed by atoms with Gasteiger partial charge >= 0.3 is 0 Å². The molecule has 0 fully saturated rings. The summed E-state index contributed by atoms with van der Waals surface area (Å²) in [5, 5.41) is 2.48. The molecule has 138 valence electrons. The van der Waals surface area contributed by atoms with Crippen LogP contribution in [0.4, 0.5) is 30.2 Å². The van der Waals surface area contributed by atoms with Crippen molar-refractivity contribution in [1.29, 1.82) is 0 Å². The zero-order valence-electron chi connectivity index (χ0n) is 14.8. The summed E-state index contributed by atoms with van der Waals surface area (Å²) in [4.78, 5) is 0. The largest absolute Gasteiger partial charge is 0.489 e. The third-order valence-electron chi connectivity index (χ3n) is 3.15. The van der Waals surface area contributed by atoms with Crippen molar-refractivity contribution < 1.29 is 22.6 Å². The van der Waals surface area contributed by atoms with Gasteiger partial charge in [0.05, 0.1) is 12.3 Å². The quantitative estimate of drug-likeness (QED) is 0.577. The van der Waals surface area contributed by atoms with Gasteiger partial charge in [-0.3, -0.25) is 0 Å². The summed E-state index contributed by atoms with van der Waals surface area (Å²) in [7, 11) is 1.48. The Morgan fingerprint density at radius 2 is 1.72 bits per heavy atom. The molecular weight excluding hydrogens is 333 g/mol. The molecule has 25 heavy (non-hydrogen) atoms. The smallest absolute Gasteiger partial charge is 0.184 e. The first-order chi connectivity index (χ1) is 11.9. The van der Waals surface area contributed by atoms with Gasteiger partial charge in [0.15, 0.2) is 11.6 Å². The normalized spacial score (nSPS) is 10.0. The molecule has 3 N–H and O–H groups in total. The van der Waals surface area contributed by atoms with Crippen LogP contribution >= 0.6 is 0 Å². The van der Waals surface area contributed by atoms with Crippen molar-refractivity contribution in [1.82, 2.24) is 0 Å². The number of nitrogen functional groups attached to an aromatic ring is 1. The molecule has 2 rings (SSSR count). The molecule has 0 spiro atoms. The summed E-state index contributed by atoms with van der Waals surface area (Å²) in [5.74, 6) is -3.01. The highest BCUT2D eigenvalue weighted by Crippen LogP contribution is 2.36. The van der Waals surface area contributed by atoms with E-state index in [0.29, 0.717) is 5.56 Å². The van der Waals surface area contributed by atoms with Crippen LogP contribution in [0, 0.1) is 24.4 Å². The number of anilines is 3. The predicted molar refractivity (Wildman–Crippen MR) is 93.9 cm³/mol.